The summed E-state index contributed by atoms with van der Waals surface area (Å²) >= 11 is 5.69. The first-order valence-electron chi connectivity index (χ1n) is 4.32. The molecule has 0 saturated heterocycles. The third-order valence-electron chi connectivity index (χ3n) is 1.95. The molecule has 8 heteroatoms. The second-order valence-corrected chi connectivity index (χ2v) is 6.42. The lowest BCUT2D eigenvalue weighted by Crippen LogP contribution is -2.05. The Morgan fingerprint density at radius 1 is 1.35 bits per heavy atom. The summed E-state index contributed by atoms with van der Waals surface area (Å²) in [6.45, 7) is -0.213. The van der Waals surface area contributed by atoms with Crippen LogP contribution in [0.1, 0.15) is 11.1 Å². The van der Waals surface area contributed by atoms with Gasteiger partial charge in [-0.3, -0.25) is 0 Å². The zero-order chi connectivity index (χ0) is 13.2. The minimum absolute atomic E-state index is 0.110. The normalized spacial score (nSPS) is 11.8. The van der Waals surface area contributed by atoms with E-state index in [-0.39, 0.29) is 17.2 Å². The summed E-state index contributed by atoms with van der Waals surface area (Å²) in [6, 6.07) is 1.02. The number of hydrogen-bond donors (Lipinski definition) is 0. The van der Waals surface area contributed by atoms with Crippen LogP contribution in [0.25, 0.3) is 0 Å². The third kappa shape index (κ3) is 3.77. The Hall–Kier alpha value is -0.430. The number of hydrogen-bond acceptors (Lipinski definition) is 3. The molecule has 0 amide bonds. The minimum atomic E-state index is -3.98. The van der Waals surface area contributed by atoms with E-state index in [4.69, 9.17) is 22.3 Å². The van der Waals surface area contributed by atoms with Crippen LogP contribution in [-0.2, 0) is 26.1 Å². The quantitative estimate of drug-likeness (QED) is 0.634. The van der Waals surface area contributed by atoms with Crippen molar-refractivity contribution in [2.45, 2.75) is 12.4 Å². The molecule has 0 aliphatic heterocycles. The van der Waals surface area contributed by atoms with E-state index in [1.54, 1.807) is 0 Å². The van der Waals surface area contributed by atoms with Crippen molar-refractivity contribution in [2.75, 3.05) is 7.11 Å². The number of halogens is 4. The first kappa shape index (κ1) is 14.6. The SMILES string of the molecule is COCc1c(Cl)cc(CS(=O)(=O)Cl)c(F)c1F. The summed E-state index contributed by atoms with van der Waals surface area (Å²) in [6.07, 6.45) is 0. The monoisotopic (exact) mass is 304 g/mol. The molecular weight excluding hydrogens is 297 g/mol. The van der Waals surface area contributed by atoms with Gasteiger partial charge in [-0.15, -0.1) is 0 Å². The smallest absolute Gasteiger partial charge is 0.236 e. The van der Waals surface area contributed by atoms with Crippen LogP contribution in [0.5, 0.6) is 0 Å². The van der Waals surface area contributed by atoms with Crippen molar-refractivity contribution >= 4 is 31.3 Å². The van der Waals surface area contributed by atoms with Crippen molar-refractivity contribution in [3.63, 3.8) is 0 Å². The molecule has 0 bridgehead atoms. The summed E-state index contributed by atoms with van der Waals surface area (Å²) in [5, 5.41) is -0.110. The lowest BCUT2D eigenvalue weighted by atomic mass is 10.1. The predicted octanol–water partition coefficient (Wildman–Crippen LogP) is 2.83. The fourth-order valence-corrected chi connectivity index (χ4v) is 2.45. The summed E-state index contributed by atoms with van der Waals surface area (Å²) < 4.78 is 53.2. The highest BCUT2D eigenvalue weighted by Gasteiger charge is 2.20. The van der Waals surface area contributed by atoms with E-state index in [0.29, 0.717) is 0 Å². The summed E-state index contributed by atoms with van der Waals surface area (Å²) in [7, 11) is 2.27. The fourth-order valence-electron chi connectivity index (χ4n) is 1.25. The van der Waals surface area contributed by atoms with Crippen LogP contribution in [0.4, 0.5) is 8.78 Å². The molecule has 0 unspecified atom stereocenters. The Kier molecular flexibility index (Phi) is 4.71. The number of methoxy groups -OCH3 is 1. The number of ether oxygens (including phenoxy) is 1. The van der Waals surface area contributed by atoms with Gasteiger partial charge in [0.1, 0.15) is 0 Å². The van der Waals surface area contributed by atoms with Crippen molar-refractivity contribution in [1.29, 1.82) is 0 Å². The van der Waals surface area contributed by atoms with Gasteiger partial charge in [-0.1, -0.05) is 11.6 Å². The molecule has 1 aromatic carbocycles. The number of rotatable bonds is 4. The molecule has 96 valence electrons. The molecule has 3 nitrogen and oxygen atoms in total. The molecule has 0 fully saturated rings. The van der Waals surface area contributed by atoms with E-state index in [9.17, 15) is 17.2 Å². The van der Waals surface area contributed by atoms with Gasteiger partial charge in [0.25, 0.3) is 0 Å². The van der Waals surface area contributed by atoms with Crippen molar-refractivity contribution in [2.24, 2.45) is 0 Å². The average molecular weight is 305 g/mol. The number of benzene rings is 1. The molecule has 0 saturated carbocycles. The Morgan fingerprint density at radius 2 is 1.94 bits per heavy atom. The first-order valence-corrected chi connectivity index (χ1v) is 7.18. The Balaban J connectivity index is 3.29. The lowest BCUT2D eigenvalue weighted by Gasteiger charge is -2.09. The maximum absolute atomic E-state index is 13.5. The largest absolute Gasteiger partial charge is 0.380 e. The summed E-state index contributed by atoms with van der Waals surface area (Å²) in [5.41, 5.74) is -0.579. The molecule has 0 aromatic heterocycles. The van der Waals surface area contributed by atoms with Crippen LogP contribution >= 0.6 is 22.3 Å². The highest BCUT2D eigenvalue weighted by Crippen LogP contribution is 2.27. The maximum Gasteiger partial charge on any atom is 0.236 e. The van der Waals surface area contributed by atoms with Crippen LogP contribution in [-0.4, -0.2) is 15.5 Å². The standard InChI is InChI=1S/C9H8Cl2F2O3S/c1-16-3-6-7(10)2-5(4-17(11,14)15)8(12)9(6)13/h2H,3-4H2,1H3. The van der Waals surface area contributed by atoms with E-state index in [1.165, 1.54) is 7.11 Å². The van der Waals surface area contributed by atoms with Gasteiger partial charge in [0.15, 0.2) is 11.6 Å². The summed E-state index contributed by atoms with van der Waals surface area (Å²) in [4.78, 5) is 0. The highest BCUT2D eigenvalue weighted by atomic mass is 35.7. The molecule has 0 aliphatic rings. The molecule has 1 aromatic rings. The Labute approximate surface area is 107 Å². The van der Waals surface area contributed by atoms with Crippen LogP contribution in [0.3, 0.4) is 0 Å². The predicted molar refractivity (Wildman–Crippen MR) is 60.6 cm³/mol. The molecule has 17 heavy (non-hydrogen) atoms. The van der Waals surface area contributed by atoms with E-state index in [0.717, 1.165) is 6.07 Å². The zero-order valence-corrected chi connectivity index (χ0v) is 11.0. The van der Waals surface area contributed by atoms with Gasteiger partial charge >= 0.3 is 0 Å². The van der Waals surface area contributed by atoms with Gasteiger partial charge in [0.05, 0.1) is 12.4 Å². The molecule has 0 aliphatic carbocycles. The van der Waals surface area contributed by atoms with Crippen LogP contribution < -0.4 is 0 Å². The second-order valence-electron chi connectivity index (χ2n) is 3.24. The first-order chi connectivity index (χ1) is 7.76. The topological polar surface area (TPSA) is 43.4 Å². The second kappa shape index (κ2) is 5.48. The fraction of sp³-hybridized carbons (Fsp3) is 0.333. The molecule has 1 rings (SSSR count). The third-order valence-corrected chi connectivity index (χ3v) is 3.27. The van der Waals surface area contributed by atoms with Gasteiger partial charge in [-0.25, -0.2) is 17.2 Å². The van der Waals surface area contributed by atoms with Gasteiger partial charge in [0.2, 0.25) is 9.05 Å². The van der Waals surface area contributed by atoms with Crippen molar-refractivity contribution in [3.8, 4) is 0 Å². The zero-order valence-electron chi connectivity index (χ0n) is 8.64. The van der Waals surface area contributed by atoms with Gasteiger partial charge in [-0.05, 0) is 6.07 Å². The molecule has 0 atom stereocenters. The Morgan fingerprint density at radius 3 is 2.41 bits per heavy atom. The molecule has 0 N–H and O–H groups in total. The van der Waals surface area contributed by atoms with E-state index in [2.05, 4.69) is 4.74 Å². The van der Waals surface area contributed by atoms with Crippen molar-refractivity contribution in [1.82, 2.24) is 0 Å². The molecule has 0 spiro atoms. The maximum atomic E-state index is 13.5. The highest BCUT2D eigenvalue weighted by molar-refractivity contribution is 8.13. The van der Waals surface area contributed by atoms with E-state index < -0.39 is 32.0 Å². The van der Waals surface area contributed by atoms with Crippen LogP contribution in [0.15, 0.2) is 6.07 Å². The minimum Gasteiger partial charge on any atom is -0.380 e. The molecule has 0 heterocycles. The lowest BCUT2D eigenvalue weighted by molar-refractivity contribution is 0.180. The summed E-state index contributed by atoms with van der Waals surface area (Å²) in [5.74, 6) is -3.34. The van der Waals surface area contributed by atoms with Crippen LogP contribution in [0, 0.1) is 11.6 Å². The van der Waals surface area contributed by atoms with Crippen LogP contribution in [0.2, 0.25) is 5.02 Å². The molecular formula is C9H8Cl2F2O3S. The van der Waals surface area contributed by atoms with E-state index >= 15 is 0 Å². The van der Waals surface area contributed by atoms with Crippen molar-refractivity contribution in [3.05, 3.63) is 33.9 Å². The van der Waals surface area contributed by atoms with Gasteiger partial charge in [-0.2, -0.15) is 0 Å². The average Bonchev–Trinajstić information content (AvgIpc) is 2.19. The van der Waals surface area contributed by atoms with Crippen molar-refractivity contribution < 1.29 is 21.9 Å². The van der Waals surface area contributed by atoms with Gasteiger partial charge in [0, 0.05) is 33.9 Å². The van der Waals surface area contributed by atoms with Gasteiger partial charge < -0.3 is 4.74 Å². The van der Waals surface area contributed by atoms with E-state index in [1.807, 2.05) is 0 Å². The Bertz CT molecular complexity index is 532. The molecule has 0 radical (unpaired) electrons.